The summed E-state index contributed by atoms with van der Waals surface area (Å²) in [6.07, 6.45) is 2.95. The van der Waals surface area contributed by atoms with E-state index < -0.39 is 0 Å². The van der Waals surface area contributed by atoms with Crippen LogP contribution in [0.1, 0.15) is 0 Å². The van der Waals surface area contributed by atoms with Gasteiger partial charge in [0.1, 0.15) is 0 Å². The fraction of sp³-hybridized carbons (Fsp3) is 0.500. The van der Waals surface area contributed by atoms with Gasteiger partial charge in [-0.15, -0.1) is 0 Å². The van der Waals surface area contributed by atoms with E-state index in [2.05, 4.69) is 21.1 Å². The van der Waals surface area contributed by atoms with Gasteiger partial charge < -0.3 is 9.80 Å². The molecule has 0 atom stereocenters. The van der Waals surface area contributed by atoms with E-state index in [1.165, 1.54) is 12.4 Å². The molecule has 2 N–H and O–H groups in total. The normalized spacial score (nSPS) is 10.5. The molecule has 0 aliphatic heterocycles. The van der Waals surface area contributed by atoms with Crippen molar-refractivity contribution in [1.82, 2.24) is 20.7 Å². The fourth-order valence-corrected chi connectivity index (χ4v) is 0.557. The van der Waals surface area contributed by atoms with Crippen molar-refractivity contribution in [2.75, 3.05) is 28.2 Å². The first-order valence-corrected chi connectivity index (χ1v) is 5.26. The second kappa shape index (κ2) is 7.94. The molecule has 0 aromatic carbocycles. The molecule has 0 fully saturated rings. The SMILES string of the molecule is CN(C)C(=S)NN=C/C=N/NC(=S)N(C)C. The zero-order valence-corrected chi connectivity index (χ0v) is 11.4. The molecule has 90 valence electrons. The number of rotatable bonds is 3. The molecule has 16 heavy (non-hydrogen) atoms. The van der Waals surface area contributed by atoms with Crippen molar-refractivity contribution in [3.8, 4) is 0 Å². The number of nitrogens with one attached hydrogen (secondary N) is 2. The van der Waals surface area contributed by atoms with E-state index in [1.807, 2.05) is 28.2 Å². The van der Waals surface area contributed by atoms with Gasteiger partial charge in [-0.1, -0.05) is 0 Å². The minimum atomic E-state index is 0.529. The molecule has 0 heterocycles. The first kappa shape index (κ1) is 14.7. The van der Waals surface area contributed by atoms with Gasteiger partial charge in [-0.05, 0) is 24.4 Å². The van der Waals surface area contributed by atoms with E-state index in [9.17, 15) is 0 Å². The molecule has 0 radical (unpaired) electrons. The van der Waals surface area contributed by atoms with Crippen LogP contribution >= 0.6 is 24.4 Å². The van der Waals surface area contributed by atoms with Crippen LogP contribution in [-0.2, 0) is 0 Å². The molecule has 8 heteroatoms. The summed E-state index contributed by atoms with van der Waals surface area (Å²) < 4.78 is 0. The van der Waals surface area contributed by atoms with Crippen molar-refractivity contribution >= 4 is 47.1 Å². The van der Waals surface area contributed by atoms with Crippen molar-refractivity contribution in [3.05, 3.63) is 0 Å². The lowest BCUT2D eigenvalue weighted by Crippen LogP contribution is -2.31. The predicted octanol–water partition coefficient (Wildman–Crippen LogP) is -0.170. The van der Waals surface area contributed by atoms with Gasteiger partial charge in [-0.2, -0.15) is 10.2 Å². The Hall–Kier alpha value is -1.28. The summed E-state index contributed by atoms with van der Waals surface area (Å²) in [5, 5.41) is 8.72. The molecule has 0 aliphatic carbocycles. The third-order valence-corrected chi connectivity index (χ3v) is 2.26. The summed E-state index contributed by atoms with van der Waals surface area (Å²) >= 11 is 9.89. The average molecular weight is 260 g/mol. The Bertz CT molecular complexity index is 267. The smallest absolute Gasteiger partial charge is 0.189 e. The van der Waals surface area contributed by atoms with Gasteiger partial charge in [0.2, 0.25) is 0 Å². The van der Waals surface area contributed by atoms with Crippen molar-refractivity contribution in [3.63, 3.8) is 0 Å². The van der Waals surface area contributed by atoms with Gasteiger partial charge in [-0.3, -0.25) is 10.9 Å². The van der Waals surface area contributed by atoms with Crippen molar-refractivity contribution in [2.24, 2.45) is 10.2 Å². The van der Waals surface area contributed by atoms with Crippen LogP contribution in [0.5, 0.6) is 0 Å². The molecule has 0 bridgehead atoms. The predicted molar refractivity (Wildman–Crippen MR) is 75.8 cm³/mol. The first-order valence-electron chi connectivity index (χ1n) is 4.44. The zero-order chi connectivity index (χ0) is 12.6. The molecule has 0 amide bonds. The van der Waals surface area contributed by atoms with Gasteiger partial charge in [0.15, 0.2) is 10.2 Å². The topological polar surface area (TPSA) is 55.3 Å². The molecular weight excluding hydrogens is 244 g/mol. The monoisotopic (exact) mass is 260 g/mol. The Kier molecular flexibility index (Phi) is 7.31. The summed E-state index contributed by atoms with van der Waals surface area (Å²) in [6.45, 7) is 0. The van der Waals surface area contributed by atoms with Crippen LogP contribution in [0.2, 0.25) is 0 Å². The van der Waals surface area contributed by atoms with E-state index >= 15 is 0 Å². The largest absolute Gasteiger partial charge is 0.354 e. The maximum atomic E-state index is 4.95. The maximum Gasteiger partial charge on any atom is 0.189 e. The second-order valence-corrected chi connectivity index (χ2v) is 3.95. The lowest BCUT2D eigenvalue weighted by molar-refractivity contribution is 0.606. The summed E-state index contributed by atoms with van der Waals surface area (Å²) in [5.74, 6) is 0. The van der Waals surface area contributed by atoms with Gasteiger partial charge in [0.05, 0.1) is 12.4 Å². The van der Waals surface area contributed by atoms with E-state index in [4.69, 9.17) is 24.4 Å². The molecule has 0 spiro atoms. The number of nitrogens with zero attached hydrogens (tertiary/aromatic N) is 4. The highest BCUT2D eigenvalue weighted by Gasteiger charge is 1.93. The fourth-order valence-electron chi connectivity index (χ4n) is 0.452. The highest BCUT2D eigenvalue weighted by atomic mass is 32.1. The third kappa shape index (κ3) is 7.07. The van der Waals surface area contributed by atoms with Gasteiger partial charge in [0, 0.05) is 28.2 Å². The Balaban J connectivity index is 3.80. The lowest BCUT2D eigenvalue weighted by atomic mass is 10.8. The minimum absolute atomic E-state index is 0.529. The molecule has 0 saturated heterocycles. The summed E-state index contributed by atoms with van der Waals surface area (Å²) in [4.78, 5) is 3.48. The molecular formula is C8H16N6S2. The summed E-state index contributed by atoms with van der Waals surface area (Å²) in [7, 11) is 7.32. The van der Waals surface area contributed by atoms with Crippen LogP contribution in [0.3, 0.4) is 0 Å². The average Bonchev–Trinajstić information content (AvgIpc) is 2.21. The van der Waals surface area contributed by atoms with Crippen molar-refractivity contribution < 1.29 is 0 Å². The number of hydrogen-bond donors (Lipinski definition) is 2. The molecule has 0 aromatic rings. The van der Waals surface area contributed by atoms with Gasteiger partial charge in [0.25, 0.3) is 0 Å². The number of hydrazone groups is 2. The quantitative estimate of drug-likeness (QED) is 0.417. The molecule has 0 aliphatic rings. The summed E-state index contributed by atoms with van der Waals surface area (Å²) in [6, 6.07) is 0. The van der Waals surface area contributed by atoms with Crippen LogP contribution < -0.4 is 10.9 Å². The highest BCUT2D eigenvalue weighted by molar-refractivity contribution is 7.80. The van der Waals surface area contributed by atoms with E-state index in [1.54, 1.807) is 9.80 Å². The Morgan fingerprint density at radius 1 is 0.875 bits per heavy atom. The minimum Gasteiger partial charge on any atom is -0.354 e. The van der Waals surface area contributed by atoms with Crippen LogP contribution in [0.15, 0.2) is 10.2 Å². The van der Waals surface area contributed by atoms with Crippen molar-refractivity contribution in [2.45, 2.75) is 0 Å². The van der Waals surface area contributed by atoms with E-state index in [0.29, 0.717) is 10.2 Å². The third-order valence-electron chi connectivity index (χ3n) is 1.35. The van der Waals surface area contributed by atoms with Gasteiger partial charge >= 0.3 is 0 Å². The number of hydrogen-bond acceptors (Lipinski definition) is 4. The Morgan fingerprint density at radius 2 is 1.19 bits per heavy atom. The Morgan fingerprint density at radius 3 is 1.44 bits per heavy atom. The molecule has 6 nitrogen and oxygen atoms in total. The maximum absolute atomic E-state index is 4.95. The van der Waals surface area contributed by atoms with Crippen LogP contribution in [0.4, 0.5) is 0 Å². The lowest BCUT2D eigenvalue weighted by Gasteiger charge is -2.11. The molecule has 0 aromatic heterocycles. The first-order chi connectivity index (χ1) is 7.45. The van der Waals surface area contributed by atoms with E-state index in [0.717, 1.165) is 0 Å². The standard InChI is InChI=1S/C8H16N6S2/c1-13(2)7(15)11-9-5-6-10-12-8(16)14(3)4/h5-6H,1-4H3,(H,11,15)(H,12,16)/b9-5+,10-6?. The zero-order valence-electron chi connectivity index (χ0n) is 9.76. The van der Waals surface area contributed by atoms with Crippen LogP contribution in [0.25, 0.3) is 0 Å². The van der Waals surface area contributed by atoms with Gasteiger partial charge in [-0.25, -0.2) is 0 Å². The molecule has 0 rings (SSSR count). The number of thiocarbonyl (C=S) groups is 2. The van der Waals surface area contributed by atoms with Crippen LogP contribution in [0, 0.1) is 0 Å². The highest BCUT2D eigenvalue weighted by Crippen LogP contribution is 1.77. The second-order valence-electron chi connectivity index (χ2n) is 3.18. The van der Waals surface area contributed by atoms with Crippen LogP contribution in [-0.4, -0.2) is 60.6 Å². The summed E-state index contributed by atoms with van der Waals surface area (Å²) in [5.41, 5.74) is 5.32. The molecule has 0 unspecified atom stereocenters. The van der Waals surface area contributed by atoms with Crippen molar-refractivity contribution in [1.29, 1.82) is 0 Å². The molecule has 0 saturated carbocycles. The van der Waals surface area contributed by atoms with E-state index in [-0.39, 0.29) is 0 Å². The Labute approximate surface area is 106 Å².